The minimum Gasteiger partial charge on any atom is -0.463 e. The number of fused-ring (bicyclic) bond motifs is 1. The normalized spacial score (nSPS) is 21.3. The third kappa shape index (κ3) is 3.22. The number of ether oxygens (including phenoxy) is 1. The van der Waals surface area contributed by atoms with Gasteiger partial charge in [0.25, 0.3) is 5.56 Å². The van der Waals surface area contributed by atoms with Crippen LogP contribution in [0.1, 0.15) is 44.2 Å². The van der Waals surface area contributed by atoms with Crippen LogP contribution in [0.25, 0.3) is 11.0 Å². The minimum absolute atomic E-state index is 0.0309. The highest BCUT2D eigenvalue weighted by atomic mass is 35.5. The van der Waals surface area contributed by atoms with E-state index in [1.54, 1.807) is 16.8 Å². The molecule has 0 radical (unpaired) electrons. The number of hydrogen-bond acceptors (Lipinski definition) is 5. The smallest absolute Gasteiger partial charge is 0.302 e. The highest BCUT2D eigenvalue weighted by Crippen LogP contribution is 2.31. The van der Waals surface area contributed by atoms with Crippen molar-refractivity contribution in [2.24, 2.45) is 0 Å². The maximum atomic E-state index is 12.5. The molecule has 0 aromatic carbocycles. The fourth-order valence-electron chi connectivity index (χ4n) is 3.26. The quantitative estimate of drug-likeness (QED) is 0.623. The fourth-order valence-corrected chi connectivity index (χ4v) is 3.39. The van der Waals surface area contributed by atoms with Crippen molar-refractivity contribution in [3.63, 3.8) is 0 Å². The van der Waals surface area contributed by atoms with Crippen molar-refractivity contribution in [2.45, 2.75) is 51.7 Å². The molecule has 0 amide bonds. The molecule has 0 saturated heterocycles. The van der Waals surface area contributed by atoms with Gasteiger partial charge in [-0.15, -0.1) is 0 Å². The number of hydrogen-bond donors (Lipinski definition) is 0. The summed E-state index contributed by atoms with van der Waals surface area (Å²) >= 11 is 5.92. The molecule has 7 heteroatoms. The molecule has 23 heavy (non-hydrogen) atoms. The van der Waals surface area contributed by atoms with E-state index in [2.05, 4.69) is 9.97 Å². The number of carbonyl (C=O) groups excluding carboxylic acids is 1. The topological polar surface area (TPSA) is 74.1 Å². The number of esters is 1. The van der Waals surface area contributed by atoms with Crippen molar-refractivity contribution in [2.75, 3.05) is 0 Å². The van der Waals surface area contributed by atoms with E-state index in [0.717, 1.165) is 36.6 Å². The molecule has 122 valence electrons. The van der Waals surface area contributed by atoms with Crippen LogP contribution in [0.5, 0.6) is 0 Å². The van der Waals surface area contributed by atoms with Crippen LogP contribution in [-0.4, -0.2) is 26.6 Å². The Labute approximate surface area is 138 Å². The van der Waals surface area contributed by atoms with Crippen molar-refractivity contribution in [1.29, 1.82) is 0 Å². The van der Waals surface area contributed by atoms with E-state index in [-0.39, 0.29) is 29.0 Å². The van der Waals surface area contributed by atoms with Crippen LogP contribution in [0.4, 0.5) is 0 Å². The second kappa shape index (κ2) is 6.28. The molecule has 1 aliphatic carbocycles. The summed E-state index contributed by atoms with van der Waals surface area (Å²) in [6, 6.07) is 1.64. The highest BCUT2D eigenvalue weighted by Gasteiger charge is 2.26. The van der Waals surface area contributed by atoms with Gasteiger partial charge in [0, 0.05) is 30.6 Å². The first-order valence-corrected chi connectivity index (χ1v) is 8.05. The van der Waals surface area contributed by atoms with Gasteiger partial charge in [-0.2, -0.15) is 4.98 Å². The number of aromatic nitrogens is 3. The van der Waals surface area contributed by atoms with E-state index in [0.29, 0.717) is 5.65 Å². The Balaban J connectivity index is 1.96. The SMILES string of the molecule is CC(=O)OC1CCC(n2c(=O)cc(C)c3cnc(Cl)nc32)CC1. The van der Waals surface area contributed by atoms with Gasteiger partial charge in [0.05, 0.1) is 0 Å². The minimum atomic E-state index is -0.258. The fraction of sp³-hybridized carbons (Fsp3) is 0.500. The van der Waals surface area contributed by atoms with Crippen LogP contribution < -0.4 is 5.56 Å². The van der Waals surface area contributed by atoms with Gasteiger partial charge in [0.15, 0.2) is 0 Å². The molecule has 0 N–H and O–H groups in total. The molecule has 2 aromatic heterocycles. The predicted octanol–water partition coefficient (Wildman–Crippen LogP) is 2.80. The lowest BCUT2D eigenvalue weighted by molar-refractivity contribution is -0.148. The van der Waals surface area contributed by atoms with Crippen LogP contribution in [0, 0.1) is 6.92 Å². The molecule has 1 saturated carbocycles. The van der Waals surface area contributed by atoms with E-state index >= 15 is 0 Å². The highest BCUT2D eigenvalue weighted by molar-refractivity contribution is 6.28. The Morgan fingerprint density at radius 3 is 2.70 bits per heavy atom. The molecular weight excluding hydrogens is 318 g/mol. The summed E-state index contributed by atoms with van der Waals surface area (Å²) in [4.78, 5) is 31.8. The lowest BCUT2D eigenvalue weighted by atomic mass is 9.92. The maximum Gasteiger partial charge on any atom is 0.302 e. The van der Waals surface area contributed by atoms with E-state index in [4.69, 9.17) is 16.3 Å². The largest absolute Gasteiger partial charge is 0.463 e. The van der Waals surface area contributed by atoms with Crippen molar-refractivity contribution >= 4 is 28.6 Å². The first-order chi connectivity index (χ1) is 11.0. The van der Waals surface area contributed by atoms with Crippen molar-refractivity contribution in [1.82, 2.24) is 14.5 Å². The van der Waals surface area contributed by atoms with Gasteiger partial charge in [0.2, 0.25) is 5.28 Å². The molecule has 0 bridgehead atoms. The molecule has 0 spiro atoms. The summed E-state index contributed by atoms with van der Waals surface area (Å²) in [7, 11) is 0. The Morgan fingerprint density at radius 1 is 1.35 bits per heavy atom. The van der Waals surface area contributed by atoms with Crippen LogP contribution in [0.15, 0.2) is 17.1 Å². The van der Waals surface area contributed by atoms with Gasteiger partial charge in [-0.3, -0.25) is 14.2 Å². The number of rotatable bonds is 2. The molecule has 1 fully saturated rings. The molecule has 0 unspecified atom stereocenters. The number of halogens is 1. The Hall–Kier alpha value is -1.95. The van der Waals surface area contributed by atoms with Crippen molar-refractivity contribution < 1.29 is 9.53 Å². The van der Waals surface area contributed by atoms with Gasteiger partial charge in [0.1, 0.15) is 11.8 Å². The lowest BCUT2D eigenvalue weighted by Crippen LogP contribution is -2.31. The lowest BCUT2D eigenvalue weighted by Gasteiger charge is -2.30. The summed E-state index contributed by atoms with van der Waals surface area (Å²) < 4.78 is 6.97. The Kier molecular flexibility index (Phi) is 4.35. The molecule has 3 rings (SSSR count). The number of carbonyl (C=O) groups is 1. The van der Waals surface area contributed by atoms with Gasteiger partial charge < -0.3 is 4.74 Å². The van der Waals surface area contributed by atoms with Crippen molar-refractivity contribution in [3.05, 3.63) is 33.5 Å². The summed E-state index contributed by atoms with van der Waals surface area (Å²) in [5, 5.41) is 0.959. The second-order valence-electron chi connectivity index (χ2n) is 5.95. The summed E-state index contributed by atoms with van der Waals surface area (Å²) in [6.07, 6.45) is 4.60. The average Bonchev–Trinajstić information content (AvgIpc) is 2.48. The molecule has 0 aliphatic heterocycles. The average molecular weight is 336 g/mol. The van der Waals surface area contributed by atoms with E-state index in [1.807, 2.05) is 6.92 Å². The number of aryl methyl sites for hydroxylation is 1. The summed E-state index contributed by atoms with van der Waals surface area (Å²) in [5.74, 6) is -0.258. The summed E-state index contributed by atoms with van der Waals surface area (Å²) in [5.41, 5.74) is 1.33. The Bertz CT molecular complexity index is 810. The first kappa shape index (κ1) is 15.9. The van der Waals surface area contributed by atoms with E-state index in [1.165, 1.54) is 6.92 Å². The van der Waals surface area contributed by atoms with E-state index in [9.17, 15) is 9.59 Å². The molecule has 0 atom stereocenters. The van der Waals surface area contributed by atoms with Crippen LogP contribution in [0.3, 0.4) is 0 Å². The predicted molar refractivity (Wildman–Crippen MR) is 86.6 cm³/mol. The molecule has 2 heterocycles. The van der Waals surface area contributed by atoms with Crippen molar-refractivity contribution in [3.8, 4) is 0 Å². The zero-order valence-corrected chi connectivity index (χ0v) is 13.8. The van der Waals surface area contributed by atoms with E-state index < -0.39 is 0 Å². The third-order valence-corrected chi connectivity index (χ3v) is 4.49. The monoisotopic (exact) mass is 335 g/mol. The van der Waals surface area contributed by atoms with Gasteiger partial charge in [-0.1, -0.05) is 0 Å². The third-order valence-electron chi connectivity index (χ3n) is 4.31. The molecular formula is C16H18ClN3O3. The molecule has 6 nitrogen and oxygen atoms in total. The number of nitrogens with zero attached hydrogens (tertiary/aromatic N) is 3. The van der Waals surface area contributed by atoms with Crippen LogP contribution >= 0.6 is 11.6 Å². The van der Waals surface area contributed by atoms with Crippen LogP contribution in [-0.2, 0) is 9.53 Å². The molecule has 2 aromatic rings. The maximum absolute atomic E-state index is 12.5. The zero-order chi connectivity index (χ0) is 16.6. The molecule has 1 aliphatic rings. The summed E-state index contributed by atoms with van der Waals surface area (Å²) in [6.45, 7) is 3.28. The second-order valence-corrected chi connectivity index (χ2v) is 6.29. The van der Waals surface area contributed by atoms with Crippen LogP contribution in [0.2, 0.25) is 5.28 Å². The van der Waals surface area contributed by atoms with Gasteiger partial charge in [-0.05, 0) is 49.8 Å². The Morgan fingerprint density at radius 2 is 2.04 bits per heavy atom. The van der Waals surface area contributed by atoms with Gasteiger partial charge >= 0.3 is 5.97 Å². The standard InChI is InChI=1S/C16H18ClN3O3/c1-9-7-14(22)20(15-13(9)8-18-16(17)19-15)11-3-5-12(6-4-11)23-10(2)21/h7-8,11-12H,3-6H2,1-2H3. The zero-order valence-electron chi connectivity index (χ0n) is 13.1. The number of pyridine rings is 1. The van der Waals surface area contributed by atoms with Gasteiger partial charge in [-0.25, -0.2) is 4.98 Å². The first-order valence-electron chi connectivity index (χ1n) is 7.67.